The molecule has 0 spiro atoms. The molecule has 1 heterocycles. The van der Waals surface area contributed by atoms with Gasteiger partial charge < -0.3 is 20.4 Å². The molecule has 0 bridgehead atoms. The van der Waals surface area contributed by atoms with Crippen molar-refractivity contribution >= 4 is 27.6 Å². The number of aliphatic hydroxyl groups is 2. The summed E-state index contributed by atoms with van der Waals surface area (Å²) in [5.41, 5.74) is 0. The van der Waals surface area contributed by atoms with Gasteiger partial charge in [-0.25, -0.2) is 9.97 Å². The Kier molecular flexibility index (Phi) is 5.44. The van der Waals surface area contributed by atoms with E-state index in [0.29, 0.717) is 24.7 Å². The van der Waals surface area contributed by atoms with Crippen LogP contribution < -0.4 is 10.2 Å². The molecule has 0 fully saturated rings. The molecule has 90 valence electrons. The van der Waals surface area contributed by atoms with E-state index in [1.54, 1.807) is 11.9 Å². The number of halogens is 1. The van der Waals surface area contributed by atoms with E-state index in [1.165, 1.54) is 6.33 Å². The summed E-state index contributed by atoms with van der Waals surface area (Å²) in [5, 5.41) is 20.8. The molecule has 0 radical (unpaired) electrons. The Bertz CT molecular complexity index is 331. The second kappa shape index (κ2) is 6.62. The van der Waals surface area contributed by atoms with Gasteiger partial charge in [0, 0.05) is 20.1 Å². The molecule has 0 unspecified atom stereocenters. The van der Waals surface area contributed by atoms with Crippen molar-refractivity contribution < 1.29 is 10.2 Å². The number of anilines is 2. The summed E-state index contributed by atoms with van der Waals surface area (Å²) in [6, 6.07) is 0. The molecule has 1 aromatic rings. The first-order chi connectivity index (χ1) is 7.74. The monoisotopic (exact) mass is 290 g/mol. The lowest BCUT2D eigenvalue weighted by Crippen LogP contribution is -2.31. The highest BCUT2D eigenvalue weighted by Gasteiger charge is 2.13. The van der Waals surface area contributed by atoms with Crippen molar-refractivity contribution in [2.45, 2.75) is 0 Å². The normalized spacial score (nSPS) is 10.2. The molecule has 3 N–H and O–H groups in total. The van der Waals surface area contributed by atoms with Crippen LogP contribution in [0, 0.1) is 0 Å². The van der Waals surface area contributed by atoms with Crippen molar-refractivity contribution in [3.8, 4) is 0 Å². The van der Waals surface area contributed by atoms with E-state index in [-0.39, 0.29) is 13.2 Å². The molecule has 0 aliphatic heterocycles. The molecule has 1 aromatic heterocycles. The summed E-state index contributed by atoms with van der Waals surface area (Å²) in [5.74, 6) is 1.33. The first-order valence-electron chi connectivity index (χ1n) is 4.89. The minimum Gasteiger partial charge on any atom is -0.395 e. The highest BCUT2D eigenvalue weighted by atomic mass is 79.9. The number of hydrogen-bond acceptors (Lipinski definition) is 6. The number of rotatable bonds is 6. The summed E-state index contributed by atoms with van der Waals surface area (Å²) in [4.78, 5) is 9.95. The van der Waals surface area contributed by atoms with Crippen LogP contribution in [0.2, 0.25) is 0 Å². The zero-order valence-electron chi connectivity index (χ0n) is 9.02. The maximum absolute atomic E-state index is 8.94. The van der Waals surface area contributed by atoms with Crippen LogP contribution in [0.15, 0.2) is 10.8 Å². The first kappa shape index (κ1) is 13.1. The predicted molar refractivity (Wildman–Crippen MR) is 65.7 cm³/mol. The van der Waals surface area contributed by atoms with Crippen molar-refractivity contribution in [3.05, 3.63) is 10.8 Å². The maximum Gasteiger partial charge on any atom is 0.148 e. The van der Waals surface area contributed by atoms with Crippen LogP contribution in [0.4, 0.5) is 11.6 Å². The van der Waals surface area contributed by atoms with Crippen LogP contribution in [0.5, 0.6) is 0 Å². The zero-order valence-corrected chi connectivity index (χ0v) is 10.6. The van der Waals surface area contributed by atoms with Crippen molar-refractivity contribution in [2.24, 2.45) is 0 Å². The minimum atomic E-state index is 0.00529. The molecule has 16 heavy (non-hydrogen) atoms. The summed E-state index contributed by atoms with van der Waals surface area (Å²) >= 11 is 3.39. The largest absolute Gasteiger partial charge is 0.395 e. The standard InChI is InChI=1S/C9H15BrN4O2/c1-11-8-7(10)9(13-6-12-8)14(2-4-15)3-5-16/h6,15-16H,2-5H2,1H3,(H,11,12,13). The Labute approximate surface area is 102 Å². The van der Waals surface area contributed by atoms with E-state index in [2.05, 4.69) is 31.2 Å². The fourth-order valence-electron chi connectivity index (χ4n) is 1.32. The molecule has 6 nitrogen and oxygen atoms in total. The smallest absolute Gasteiger partial charge is 0.148 e. The van der Waals surface area contributed by atoms with E-state index in [0.717, 1.165) is 4.47 Å². The zero-order chi connectivity index (χ0) is 12.0. The summed E-state index contributed by atoms with van der Waals surface area (Å²) in [6.07, 6.45) is 1.44. The highest BCUT2D eigenvalue weighted by Crippen LogP contribution is 2.28. The predicted octanol–water partition coefficient (Wildman–Crippen LogP) is 0.0718. The third-order valence-electron chi connectivity index (χ3n) is 2.05. The molecular weight excluding hydrogens is 276 g/mol. The molecule has 0 aliphatic rings. The van der Waals surface area contributed by atoms with Crippen LogP contribution in [0.3, 0.4) is 0 Å². The lowest BCUT2D eigenvalue weighted by Gasteiger charge is -2.23. The Balaban J connectivity index is 2.98. The number of nitrogens with one attached hydrogen (secondary N) is 1. The van der Waals surface area contributed by atoms with Gasteiger partial charge in [-0.05, 0) is 15.9 Å². The Morgan fingerprint density at radius 1 is 1.31 bits per heavy atom. The summed E-state index contributed by atoms with van der Waals surface area (Å²) in [7, 11) is 1.76. The Morgan fingerprint density at radius 2 is 1.94 bits per heavy atom. The average molecular weight is 291 g/mol. The number of nitrogens with zero attached hydrogens (tertiary/aromatic N) is 3. The summed E-state index contributed by atoms with van der Waals surface area (Å²) < 4.78 is 0.722. The molecule has 0 atom stereocenters. The fourth-order valence-corrected chi connectivity index (χ4v) is 1.97. The summed E-state index contributed by atoms with van der Waals surface area (Å²) in [6.45, 7) is 0.843. The average Bonchev–Trinajstić information content (AvgIpc) is 2.29. The fraction of sp³-hybridized carbons (Fsp3) is 0.556. The molecule has 0 amide bonds. The van der Waals surface area contributed by atoms with Gasteiger partial charge in [0.2, 0.25) is 0 Å². The maximum atomic E-state index is 8.94. The van der Waals surface area contributed by atoms with Gasteiger partial charge in [-0.2, -0.15) is 0 Å². The first-order valence-corrected chi connectivity index (χ1v) is 5.68. The van der Waals surface area contributed by atoms with E-state index in [4.69, 9.17) is 10.2 Å². The molecule has 0 aromatic carbocycles. The van der Waals surface area contributed by atoms with Crippen molar-refractivity contribution in [1.82, 2.24) is 9.97 Å². The van der Waals surface area contributed by atoms with Crippen molar-refractivity contribution in [1.29, 1.82) is 0 Å². The molecule has 1 rings (SSSR count). The molecule has 0 saturated heterocycles. The topological polar surface area (TPSA) is 81.5 Å². The number of hydrogen-bond donors (Lipinski definition) is 3. The molecular formula is C9H15BrN4O2. The van der Waals surface area contributed by atoms with E-state index in [9.17, 15) is 0 Å². The van der Waals surface area contributed by atoms with E-state index < -0.39 is 0 Å². The van der Waals surface area contributed by atoms with Gasteiger partial charge in [-0.1, -0.05) is 0 Å². The van der Waals surface area contributed by atoms with Crippen LogP contribution in [-0.4, -0.2) is 53.5 Å². The quantitative estimate of drug-likeness (QED) is 0.688. The number of aliphatic hydroxyl groups excluding tert-OH is 2. The second-order valence-electron chi connectivity index (χ2n) is 3.04. The van der Waals surface area contributed by atoms with Crippen LogP contribution >= 0.6 is 15.9 Å². The van der Waals surface area contributed by atoms with Crippen molar-refractivity contribution in [3.63, 3.8) is 0 Å². The van der Waals surface area contributed by atoms with Gasteiger partial charge in [-0.3, -0.25) is 0 Å². The van der Waals surface area contributed by atoms with Crippen LogP contribution in [0.1, 0.15) is 0 Å². The van der Waals surface area contributed by atoms with Gasteiger partial charge in [-0.15, -0.1) is 0 Å². The van der Waals surface area contributed by atoms with Gasteiger partial charge in [0.05, 0.1) is 13.2 Å². The molecule has 0 saturated carbocycles. The van der Waals surface area contributed by atoms with Gasteiger partial charge in [0.25, 0.3) is 0 Å². The third-order valence-corrected chi connectivity index (χ3v) is 2.78. The third kappa shape index (κ3) is 3.03. The molecule has 7 heteroatoms. The Morgan fingerprint density at radius 3 is 2.44 bits per heavy atom. The lowest BCUT2D eigenvalue weighted by molar-refractivity contribution is 0.280. The van der Waals surface area contributed by atoms with Gasteiger partial charge >= 0.3 is 0 Å². The van der Waals surface area contributed by atoms with Gasteiger partial charge in [0.15, 0.2) is 0 Å². The van der Waals surface area contributed by atoms with E-state index in [1.807, 2.05) is 0 Å². The van der Waals surface area contributed by atoms with Gasteiger partial charge in [0.1, 0.15) is 22.4 Å². The minimum absolute atomic E-state index is 0.00529. The van der Waals surface area contributed by atoms with Crippen LogP contribution in [0.25, 0.3) is 0 Å². The SMILES string of the molecule is CNc1ncnc(N(CCO)CCO)c1Br. The van der Waals surface area contributed by atoms with Crippen LogP contribution in [-0.2, 0) is 0 Å². The number of aromatic nitrogens is 2. The van der Waals surface area contributed by atoms with Crippen molar-refractivity contribution in [2.75, 3.05) is 43.6 Å². The second-order valence-corrected chi connectivity index (χ2v) is 3.84. The van der Waals surface area contributed by atoms with E-state index >= 15 is 0 Å². The lowest BCUT2D eigenvalue weighted by atomic mass is 10.4. The highest BCUT2D eigenvalue weighted by molar-refractivity contribution is 9.10. The Hall–Kier alpha value is -0.920. The molecule has 0 aliphatic carbocycles.